The number of carbonyl (C=O) groups excluding carboxylic acids is 1. The standard InChI is InChI=1S/C20H20F4N4O2/c1-28(2)17(29)14-13(25)4-3-11(15(14)21)10-5-12-16(26-6-10)27-9-18(12)7-19(30,8-18)20(22,23)24/h3-6,30H,7-9,25H2,1-2H3,(H,26,27)/t18-,19+. The fourth-order valence-electron chi connectivity index (χ4n) is 4.34. The Morgan fingerprint density at radius 1 is 1.30 bits per heavy atom. The third-order valence-corrected chi connectivity index (χ3v) is 5.95. The predicted molar refractivity (Wildman–Crippen MR) is 102 cm³/mol. The SMILES string of the molecule is CN(C)C(=O)c1c(N)ccc(-c2cnc3c(c2)[C@]2(CN3)C[C@@](O)(C(F)(F)F)C2)c1F. The molecule has 1 fully saturated rings. The largest absolute Gasteiger partial charge is 0.417 e. The number of fused-ring (bicyclic) bond motifs is 2. The number of rotatable bonds is 2. The van der Waals surface area contributed by atoms with Gasteiger partial charge in [-0.3, -0.25) is 4.79 Å². The van der Waals surface area contributed by atoms with Crippen LogP contribution in [0.25, 0.3) is 11.1 Å². The van der Waals surface area contributed by atoms with Crippen molar-refractivity contribution in [1.29, 1.82) is 0 Å². The van der Waals surface area contributed by atoms with Gasteiger partial charge in [0.15, 0.2) is 5.60 Å². The Morgan fingerprint density at radius 3 is 2.57 bits per heavy atom. The Hall–Kier alpha value is -2.88. The molecule has 2 aliphatic rings. The van der Waals surface area contributed by atoms with Crippen molar-refractivity contribution in [2.75, 3.05) is 31.7 Å². The van der Waals surface area contributed by atoms with Crippen LogP contribution in [0, 0.1) is 5.82 Å². The molecule has 4 N–H and O–H groups in total. The average Bonchev–Trinajstić information content (AvgIpc) is 2.99. The third kappa shape index (κ3) is 2.81. The van der Waals surface area contributed by atoms with Crippen LogP contribution in [0.5, 0.6) is 0 Å². The van der Waals surface area contributed by atoms with Gasteiger partial charge in [0.25, 0.3) is 5.91 Å². The van der Waals surface area contributed by atoms with Gasteiger partial charge in [-0.05, 0) is 31.0 Å². The van der Waals surface area contributed by atoms with Crippen LogP contribution in [0.1, 0.15) is 28.8 Å². The highest BCUT2D eigenvalue weighted by atomic mass is 19.4. The lowest BCUT2D eigenvalue weighted by Gasteiger charge is -2.51. The van der Waals surface area contributed by atoms with Gasteiger partial charge in [-0.2, -0.15) is 13.2 Å². The molecule has 0 unspecified atom stereocenters. The van der Waals surface area contributed by atoms with Crippen molar-refractivity contribution in [1.82, 2.24) is 9.88 Å². The number of pyridine rings is 1. The number of carbonyl (C=O) groups is 1. The molecule has 0 saturated heterocycles. The molecule has 4 rings (SSSR count). The van der Waals surface area contributed by atoms with Crippen LogP contribution in [0.2, 0.25) is 0 Å². The summed E-state index contributed by atoms with van der Waals surface area (Å²) in [5.41, 5.74) is 2.69. The van der Waals surface area contributed by atoms with Crippen LogP contribution in [0.3, 0.4) is 0 Å². The Balaban J connectivity index is 1.75. The molecule has 30 heavy (non-hydrogen) atoms. The number of nitrogens with two attached hydrogens (primary N) is 1. The van der Waals surface area contributed by atoms with Crippen LogP contribution in [0.4, 0.5) is 29.1 Å². The van der Waals surface area contributed by atoms with Crippen molar-refractivity contribution in [3.8, 4) is 11.1 Å². The summed E-state index contributed by atoms with van der Waals surface area (Å²) >= 11 is 0. The van der Waals surface area contributed by atoms with Crippen LogP contribution in [-0.2, 0) is 5.41 Å². The summed E-state index contributed by atoms with van der Waals surface area (Å²) in [6.45, 7) is 0.200. The zero-order valence-electron chi connectivity index (χ0n) is 16.3. The second-order valence-electron chi connectivity index (χ2n) is 8.23. The quantitative estimate of drug-likeness (QED) is 0.509. The molecule has 1 spiro atoms. The van der Waals surface area contributed by atoms with Gasteiger partial charge in [-0.15, -0.1) is 0 Å². The normalized spacial score (nSPS) is 24.9. The summed E-state index contributed by atoms with van der Waals surface area (Å²) < 4.78 is 54.6. The minimum absolute atomic E-state index is 0.0172. The van der Waals surface area contributed by atoms with Gasteiger partial charge in [-0.25, -0.2) is 9.37 Å². The van der Waals surface area contributed by atoms with Gasteiger partial charge in [0.05, 0.1) is 5.56 Å². The van der Waals surface area contributed by atoms with Gasteiger partial charge in [0, 0.05) is 54.6 Å². The van der Waals surface area contributed by atoms with E-state index in [-0.39, 0.29) is 23.4 Å². The van der Waals surface area contributed by atoms with Crippen molar-refractivity contribution < 1.29 is 27.5 Å². The van der Waals surface area contributed by atoms with E-state index in [0.717, 1.165) is 0 Å². The first kappa shape index (κ1) is 20.4. The first-order valence-electron chi connectivity index (χ1n) is 9.22. The van der Waals surface area contributed by atoms with E-state index in [9.17, 15) is 23.1 Å². The molecule has 0 atom stereocenters. The lowest BCUT2D eigenvalue weighted by molar-refractivity contribution is -0.302. The van der Waals surface area contributed by atoms with Gasteiger partial charge in [-0.1, -0.05) is 0 Å². The molecule has 1 aliphatic carbocycles. The average molecular weight is 424 g/mol. The van der Waals surface area contributed by atoms with Crippen LogP contribution in [0.15, 0.2) is 24.4 Å². The highest BCUT2D eigenvalue weighted by molar-refractivity contribution is 6.00. The van der Waals surface area contributed by atoms with E-state index >= 15 is 4.39 Å². The molecule has 2 aromatic rings. The van der Waals surface area contributed by atoms with Crippen molar-refractivity contribution in [3.05, 3.63) is 41.3 Å². The molecular weight excluding hydrogens is 404 g/mol. The zero-order valence-corrected chi connectivity index (χ0v) is 16.3. The van der Waals surface area contributed by atoms with Crippen LogP contribution >= 0.6 is 0 Å². The third-order valence-electron chi connectivity index (χ3n) is 5.95. The first-order chi connectivity index (χ1) is 13.9. The number of nitrogens with zero attached hydrogens (tertiary/aromatic N) is 2. The summed E-state index contributed by atoms with van der Waals surface area (Å²) in [7, 11) is 2.94. The van der Waals surface area contributed by atoms with E-state index < -0.39 is 41.8 Å². The zero-order chi connectivity index (χ0) is 22.1. The Bertz CT molecular complexity index is 1050. The number of halogens is 4. The number of aliphatic hydroxyl groups is 1. The van der Waals surface area contributed by atoms with Gasteiger partial charge < -0.3 is 21.1 Å². The van der Waals surface area contributed by atoms with Gasteiger partial charge in [0.1, 0.15) is 11.6 Å². The van der Waals surface area contributed by atoms with E-state index in [1.807, 2.05) is 0 Å². The fraction of sp³-hybridized carbons (Fsp3) is 0.400. The number of nitrogen functional groups attached to an aromatic ring is 1. The monoisotopic (exact) mass is 424 g/mol. The lowest BCUT2D eigenvalue weighted by Crippen LogP contribution is -2.63. The molecule has 1 saturated carbocycles. The molecule has 2 heterocycles. The summed E-state index contributed by atoms with van der Waals surface area (Å²) in [6.07, 6.45) is -4.33. The second kappa shape index (κ2) is 6.31. The molecule has 160 valence electrons. The lowest BCUT2D eigenvalue weighted by atomic mass is 9.56. The van der Waals surface area contributed by atoms with E-state index in [4.69, 9.17) is 5.73 Å². The van der Waals surface area contributed by atoms with Gasteiger partial charge in [0.2, 0.25) is 0 Å². The number of hydrogen-bond acceptors (Lipinski definition) is 5. The molecule has 1 amide bonds. The van der Waals surface area contributed by atoms with E-state index in [2.05, 4.69) is 10.3 Å². The molecule has 1 aliphatic heterocycles. The molecular formula is C20H20F4N4O2. The van der Waals surface area contributed by atoms with Crippen molar-refractivity contribution in [2.45, 2.75) is 30.0 Å². The van der Waals surface area contributed by atoms with Crippen molar-refractivity contribution in [3.63, 3.8) is 0 Å². The summed E-state index contributed by atoms with van der Waals surface area (Å²) in [5, 5.41) is 12.9. The predicted octanol–water partition coefficient (Wildman–Crippen LogP) is 2.92. The second-order valence-corrected chi connectivity index (χ2v) is 8.23. The Morgan fingerprint density at radius 2 is 1.97 bits per heavy atom. The number of aromatic nitrogens is 1. The van der Waals surface area contributed by atoms with E-state index in [1.165, 1.54) is 37.3 Å². The number of nitrogens with one attached hydrogen (secondary N) is 1. The summed E-state index contributed by atoms with van der Waals surface area (Å²) in [5.74, 6) is -1.02. The molecule has 1 aromatic carbocycles. The maximum absolute atomic E-state index is 15.2. The molecule has 10 heteroatoms. The van der Waals surface area contributed by atoms with E-state index in [0.29, 0.717) is 16.9 Å². The molecule has 0 bridgehead atoms. The van der Waals surface area contributed by atoms with Crippen molar-refractivity contribution in [2.24, 2.45) is 0 Å². The summed E-state index contributed by atoms with van der Waals surface area (Å²) in [6, 6.07) is 4.38. The first-order valence-corrected chi connectivity index (χ1v) is 9.22. The highest BCUT2D eigenvalue weighted by Gasteiger charge is 2.68. The smallest absolute Gasteiger partial charge is 0.398 e. The minimum atomic E-state index is -4.73. The van der Waals surface area contributed by atoms with Crippen LogP contribution < -0.4 is 11.1 Å². The van der Waals surface area contributed by atoms with Crippen LogP contribution in [-0.4, -0.2) is 53.3 Å². The maximum Gasteiger partial charge on any atom is 0.417 e. The minimum Gasteiger partial charge on any atom is -0.398 e. The fourth-order valence-corrected chi connectivity index (χ4v) is 4.34. The number of alkyl halides is 3. The number of benzene rings is 1. The molecule has 6 nitrogen and oxygen atoms in total. The number of amides is 1. The number of anilines is 2. The van der Waals surface area contributed by atoms with Crippen molar-refractivity contribution >= 4 is 17.4 Å². The topological polar surface area (TPSA) is 91.5 Å². The highest BCUT2D eigenvalue weighted by Crippen LogP contribution is 2.59. The van der Waals surface area contributed by atoms with Gasteiger partial charge >= 0.3 is 6.18 Å². The molecule has 0 radical (unpaired) electrons. The molecule has 1 aromatic heterocycles. The Labute approximate surface area is 169 Å². The maximum atomic E-state index is 15.2. The van der Waals surface area contributed by atoms with E-state index in [1.54, 1.807) is 6.07 Å². The summed E-state index contributed by atoms with van der Waals surface area (Å²) in [4.78, 5) is 17.8. The number of hydrogen-bond donors (Lipinski definition) is 3. The Kier molecular flexibility index (Phi) is 4.29.